The molecule has 0 radical (unpaired) electrons. The average molecular weight is 587 g/mol. The standard InChI is InChI=1S/C30H30F4N4O4/c1-15(2)30(41,23-13-20(29(3,4)40)24(32)26(36-23)16-6-8-19(31)9-7-16)14-35-28(39)18-10-17-11-21(27(33)34)37-38-25(17)22(12-18)42-5/h6-13,15,27,40-41H,14H2,1-5H3,(H,35,39). The second-order valence-electron chi connectivity index (χ2n) is 10.7. The number of pyridine rings is 1. The Kier molecular flexibility index (Phi) is 8.51. The third-order valence-corrected chi connectivity index (χ3v) is 7.03. The summed E-state index contributed by atoms with van der Waals surface area (Å²) in [6.45, 7) is 5.69. The highest BCUT2D eigenvalue weighted by Gasteiger charge is 2.38. The minimum absolute atomic E-state index is 0.0370. The topological polar surface area (TPSA) is 117 Å². The first kappa shape index (κ1) is 30.8. The smallest absolute Gasteiger partial charge is 0.282 e. The van der Waals surface area contributed by atoms with Gasteiger partial charge in [0.05, 0.1) is 24.9 Å². The molecule has 0 aliphatic heterocycles. The summed E-state index contributed by atoms with van der Waals surface area (Å²) in [4.78, 5) is 17.6. The van der Waals surface area contributed by atoms with Crippen molar-refractivity contribution in [2.24, 2.45) is 5.92 Å². The highest BCUT2D eigenvalue weighted by atomic mass is 19.3. The fourth-order valence-electron chi connectivity index (χ4n) is 4.44. The summed E-state index contributed by atoms with van der Waals surface area (Å²) < 4.78 is 60.9. The first-order valence-corrected chi connectivity index (χ1v) is 13.0. The molecular weight excluding hydrogens is 556 g/mol. The molecule has 0 saturated heterocycles. The summed E-state index contributed by atoms with van der Waals surface area (Å²) in [5.74, 6) is -2.51. The fourth-order valence-corrected chi connectivity index (χ4v) is 4.44. The molecule has 12 heteroatoms. The lowest BCUT2D eigenvalue weighted by molar-refractivity contribution is -0.0129. The van der Waals surface area contributed by atoms with Crippen molar-refractivity contribution in [2.45, 2.75) is 45.3 Å². The number of aliphatic hydroxyl groups is 2. The third-order valence-electron chi connectivity index (χ3n) is 7.03. The molecule has 4 aromatic rings. The number of carbonyl (C=O) groups excluding carboxylic acids is 1. The number of carbonyl (C=O) groups is 1. The normalized spacial score (nSPS) is 13.5. The molecule has 0 spiro atoms. The number of fused-ring (bicyclic) bond motifs is 1. The van der Waals surface area contributed by atoms with Crippen molar-refractivity contribution >= 4 is 16.8 Å². The van der Waals surface area contributed by atoms with Crippen LogP contribution in [0.25, 0.3) is 22.2 Å². The first-order chi connectivity index (χ1) is 19.6. The molecule has 3 N–H and O–H groups in total. The summed E-state index contributed by atoms with van der Waals surface area (Å²) in [6, 6.07) is 9.96. The second-order valence-corrected chi connectivity index (χ2v) is 10.7. The number of nitrogens with one attached hydrogen (secondary N) is 1. The number of aromatic nitrogens is 3. The zero-order valence-corrected chi connectivity index (χ0v) is 23.5. The molecule has 0 aliphatic carbocycles. The summed E-state index contributed by atoms with van der Waals surface area (Å²) in [6.07, 6.45) is -2.87. The van der Waals surface area contributed by atoms with Crippen molar-refractivity contribution in [2.75, 3.05) is 13.7 Å². The van der Waals surface area contributed by atoms with Gasteiger partial charge in [0.15, 0.2) is 5.82 Å². The van der Waals surface area contributed by atoms with Gasteiger partial charge in [-0.15, -0.1) is 10.2 Å². The van der Waals surface area contributed by atoms with E-state index in [9.17, 15) is 28.2 Å². The van der Waals surface area contributed by atoms with E-state index in [0.29, 0.717) is 0 Å². The van der Waals surface area contributed by atoms with Gasteiger partial charge in [-0.2, -0.15) is 0 Å². The molecule has 0 aliphatic rings. The maximum absolute atomic E-state index is 15.6. The molecule has 0 fully saturated rings. The fraction of sp³-hybridized carbons (Fsp3) is 0.333. The van der Waals surface area contributed by atoms with Crippen molar-refractivity contribution < 1.29 is 37.3 Å². The molecular formula is C30H30F4N4O4. The van der Waals surface area contributed by atoms with Crippen molar-refractivity contribution in [3.05, 3.63) is 82.7 Å². The summed E-state index contributed by atoms with van der Waals surface area (Å²) in [5.41, 5.74) is -4.10. The zero-order chi connectivity index (χ0) is 31.0. The monoisotopic (exact) mass is 586 g/mol. The number of methoxy groups -OCH3 is 1. The van der Waals surface area contributed by atoms with Crippen LogP contribution in [0.4, 0.5) is 17.6 Å². The SMILES string of the molecule is COc1cc(C(=O)NCC(O)(c2cc(C(C)(C)O)c(F)c(-c3ccc(F)cc3)n2)C(C)C)cc2cc(C(F)F)nnc12. The minimum Gasteiger partial charge on any atom is -0.494 e. The van der Waals surface area contributed by atoms with Gasteiger partial charge in [-0.1, -0.05) is 13.8 Å². The van der Waals surface area contributed by atoms with Crippen LogP contribution < -0.4 is 10.1 Å². The van der Waals surface area contributed by atoms with Crippen LogP contribution in [0.2, 0.25) is 0 Å². The Morgan fingerprint density at radius 1 is 1.02 bits per heavy atom. The van der Waals surface area contributed by atoms with Crippen LogP contribution in [0, 0.1) is 17.6 Å². The van der Waals surface area contributed by atoms with Crippen LogP contribution in [0.3, 0.4) is 0 Å². The average Bonchev–Trinajstić information content (AvgIpc) is 2.94. The number of benzene rings is 2. The van der Waals surface area contributed by atoms with E-state index in [1.54, 1.807) is 13.8 Å². The Morgan fingerprint density at radius 3 is 2.26 bits per heavy atom. The van der Waals surface area contributed by atoms with Crippen molar-refractivity contribution in [1.29, 1.82) is 0 Å². The molecule has 0 bridgehead atoms. The van der Waals surface area contributed by atoms with Crippen LogP contribution >= 0.6 is 0 Å². The van der Waals surface area contributed by atoms with Gasteiger partial charge in [0, 0.05) is 22.1 Å². The van der Waals surface area contributed by atoms with Gasteiger partial charge < -0.3 is 20.3 Å². The number of hydrogen-bond acceptors (Lipinski definition) is 7. The van der Waals surface area contributed by atoms with Crippen molar-refractivity contribution in [3.63, 3.8) is 0 Å². The van der Waals surface area contributed by atoms with Crippen LogP contribution in [0.15, 0.2) is 48.5 Å². The number of rotatable bonds is 9. The van der Waals surface area contributed by atoms with Crippen LogP contribution in [-0.4, -0.2) is 45.0 Å². The molecule has 2 aromatic heterocycles. The van der Waals surface area contributed by atoms with E-state index < -0.39 is 53.3 Å². The molecule has 1 unspecified atom stereocenters. The zero-order valence-electron chi connectivity index (χ0n) is 23.5. The number of hydrogen-bond donors (Lipinski definition) is 3. The van der Waals surface area contributed by atoms with E-state index in [4.69, 9.17) is 4.74 Å². The Labute approximate surface area is 239 Å². The quantitative estimate of drug-likeness (QED) is 0.224. The maximum atomic E-state index is 15.6. The summed E-state index contributed by atoms with van der Waals surface area (Å²) in [5, 5.41) is 32.7. The first-order valence-electron chi connectivity index (χ1n) is 13.0. The highest BCUT2D eigenvalue weighted by Crippen LogP contribution is 2.36. The molecule has 0 saturated carbocycles. The van der Waals surface area contributed by atoms with Gasteiger partial charge >= 0.3 is 0 Å². The molecule has 2 aromatic carbocycles. The summed E-state index contributed by atoms with van der Waals surface area (Å²) >= 11 is 0. The highest BCUT2D eigenvalue weighted by molar-refractivity contribution is 5.99. The molecule has 1 amide bonds. The van der Waals surface area contributed by atoms with Gasteiger partial charge in [0.2, 0.25) is 0 Å². The van der Waals surface area contributed by atoms with Gasteiger partial charge in [0.1, 0.15) is 34.1 Å². The van der Waals surface area contributed by atoms with E-state index in [2.05, 4.69) is 20.5 Å². The maximum Gasteiger partial charge on any atom is 0.282 e. The number of alkyl halides is 2. The van der Waals surface area contributed by atoms with Gasteiger partial charge in [-0.3, -0.25) is 4.79 Å². The Balaban J connectivity index is 1.74. The Bertz CT molecular complexity index is 1620. The molecule has 2 heterocycles. The lowest BCUT2D eigenvalue weighted by atomic mass is 9.83. The van der Waals surface area contributed by atoms with E-state index in [0.717, 1.165) is 18.2 Å². The lowest BCUT2D eigenvalue weighted by Crippen LogP contribution is -2.45. The Hall–Kier alpha value is -4.16. The van der Waals surface area contributed by atoms with Crippen LogP contribution in [0.1, 0.15) is 61.4 Å². The second kappa shape index (κ2) is 11.6. The predicted octanol–water partition coefficient (Wildman–Crippen LogP) is 5.42. The van der Waals surface area contributed by atoms with Crippen molar-refractivity contribution in [3.8, 4) is 17.0 Å². The van der Waals surface area contributed by atoms with Gasteiger partial charge in [-0.05, 0) is 68.3 Å². The molecule has 8 nitrogen and oxygen atoms in total. The minimum atomic E-state index is -2.87. The molecule has 42 heavy (non-hydrogen) atoms. The lowest BCUT2D eigenvalue weighted by Gasteiger charge is -2.33. The molecule has 4 rings (SSSR count). The van der Waals surface area contributed by atoms with E-state index >= 15 is 4.39 Å². The number of amides is 1. The third kappa shape index (κ3) is 6.04. The van der Waals surface area contributed by atoms with E-state index in [-0.39, 0.29) is 44.7 Å². The predicted molar refractivity (Wildman–Crippen MR) is 147 cm³/mol. The van der Waals surface area contributed by atoms with Gasteiger partial charge in [-0.25, -0.2) is 22.5 Å². The van der Waals surface area contributed by atoms with Crippen LogP contribution in [0.5, 0.6) is 5.75 Å². The van der Waals surface area contributed by atoms with E-state index in [1.165, 1.54) is 51.3 Å². The molecule has 222 valence electrons. The van der Waals surface area contributed by atoms with Gasteiger partial charge in [0.25, 0.3) is 12.3 Å². The van der Waals surface area contributed by atoms with E-state index in [1.807, 2.05) is 0 Å². The Morgan fingerprint density at radius 2 is 1.69 bits per heavy atom. The number of ether oxygens (including phenoxy) is 1. The molecule has 1 atom stereocenters. The van der Waals surface area contributed by atoms with Crippen LogP contribution in [-0.2, 0) is 11.2 Å². The number of nitrogens with zero attached hydrogens (tertiary/aromatic N) is 3. The number of halogens is 4. The summed E-state index contributed by atoms with van der Waals surface area (Å²) in [7, 11) is 1.33. The largest absolute Gasteiger partial charge is 0.494 e. The van der Waals surface area contributed by atoms with Crippen molar-refractivity contribution in [1.82, 2.24) is 20.5 Å².